The van der Waals surface area contributed by atoms with Gasteiger partial charge in [-0.25, -0.2) is 4.79 Å². The van der Waals surface area contributed by atoms with Gasteiger partial charge in [-0.1, -0.05) is 46.6 Å². The summed E-state index contributed by atoms with van der Waals surface area (Å²) < 4.78 is 39.2. The predicted octanol–water partition coefficient (Wildman–Crippen LogP) is 6.13. The molecule has 10 heteroatoms. The number of halogens is 5. The molecule has 0 radical (unpaired) electrons. The van der Waals surface area contributed by atoms with Gasteiger partial charge in [-0.3, -0.25) is 0 Å². The number of urea groups is 1. The zero-order valence-electron chi connectivity index (χ0n) is 17.4. The predicted molar refractivity (Wildman–Crippen MR) is 118 cm³/mol. The van der Waals surface area contributed by atoms with Crippen molar-refractivity contribution in [2.75, 3.05) is 6.54 Å². The van der Waals surface area contributed by atoms with Crippen molar-refractivity contribution in [3.63, 3.8) is 0 Å². The number of carbonyl (C=O) groups is 1. The Morgan fingerprint density at radius 3 is 2.62 bits per heavy atom. The lowest BCUT2D eigenvalue weighted by atomic mass is 10.0. The topological polar surface area (TPSA) is 53.9 Å². The van der Waals surface area contributed by atoms with Crippen molar-refractivity contribution in [2.24, 2.45) is 5.16 Å². The average Bonchev–Trinajstić information content (AvgIpc) is 3.17. The second-order valence-electron chi connectivity index (χ2n) is 7.78. The lowest BCUT2D eigenvalue weighted by Gasteiger charge is -2.26. The number of benzene rings is 2. The van der Waals surface area contributed by atoms with Crippen molar-refractivity contribution in [2.45, 2.75) is 45.1 Å². The van der Waals surface area contributed by atoms with E-state index in [1.165, 1.54) is 11.0 Å². The second-order valence-corrected chi connectivity index (χ2v) is 8.60. The molecule has 0 fully saturated rings. The molecule has 0 bridgehead atoms. The third kappa shape index (κ3) is 6.29. The van der Waals surface area contributed by atoms with E-state index < -0.39 is 23.9 Å². The molecule has 1 N–H and O–H groups in total. The molecular formula is C22H22Cl2F3N3O2. The number of oxime groups is 1. The van der Waals surface area contributed by atoms with Crippen LogP contribution in [-0.2, 0) is 17.6 Å². The van der Waals surface area contributed by atoms with Gasteiger partial charge in [-0.2, -0.15) is 13.2 Å². The number of carbonyl (C=O) groups excluding carboxylic acids is 1. The summed E-state index contributed by atoms with van der Waals surface area (Å²) in [5.74, 6) is 0. The molecule has 0 saturated carbocycles. The minimum absolute atomic E-state index is 0.00948. The first-order chi connectivity index (χ1) is 15.0. The Morgan fingerprint density at radius 2 is 1.97 bits per heavy atom. The fraction of sp³-hybridized carbons (Fsp3) is 0.364. The van der Waals surface area contributed by atoms with Gasteiger partial charge in [0.05, 0.1) is 27.9 Å². The average molecular weight is 488 g/mol. The van der Waals surface area contributed by atoms with Gasteiger partial charge in [0.2, 0.25) is 0 Å². The molecule has 1 aliphatic rings. The molecule has 1 heterocycles. The van der Waals surface area contributed by atoms with E-state index in [2.05, 4.69) is 10.5 Å². The summed E-state index contributed by atoms with van der Waals surface area (Å²) in [5, 5.41) is 7.68. The molecule has 1 aliphatic heterocycles. The van der Waals surface area contributed by atoms with Crippen LogP contribution in [0.15, 0.2) is 47.6 Å². The van der Waals surface area contributed by atoms with E-state index in [0.29, 0.717) is 27.7 Å². The largest absolute Gasteiger partial charge is 0.416 e. The molecular weight excluding hydrogens is 466 g/mol. The Morgan fingerprint density at radius 1 is 1.22 bits per heavy atom. The number of amides is 2. The highest BCUT2D eigenvalue weighted by Gasteiger charge is 2.31. The van der Waals surface area contributed by atoms with Gasteiger partial charge in [-0.05, 0) is 43.7 Å². The van der Waals surface area contributed by atoms with Gasteiger partial charge in [0.15, 0.2) is 6.10 Å². The van der Waals surface area contributed by atoms with Crippen LogP contribution in [0.4, 0.5) is 18.0 Å². The Labute approximate surface area is 194 Å². The zero-order chi connectivity index (χ0) is 23.5. The zero-order valence-corrected chi connectivity index (χ0v) is 18.9. The Kier molecular flexibility index (Phi) is 7.56. The number of hydrogen-bond acceptors (Lipinski definition) is 3. The lowest BCUT2D eigenvalue weighted by molar-refractivity contribution is -0.137. The molecule has 2 aromatic rings. The van der Waals surface area contributed by atoms with Crippen molar-refractivity contribution in [3.05, 3.63) is 69.2 Å². The van der Waals surface area contributed by atoms with Crippen LogP contribution >= 0.6 is 23.2 Å². The summed E-state index contributed by atoms with van der Waals surface area (Å²) >= 11 is 12.0. The van der Waals surface area contributed by atoms with E-state index in [9.17, 15) is 18.0 Å². The molecule has 32 heavy (non-hydrogen) atoms. The van der Waals surface area contributed by atoms with Gasteiger partial charge in [0.1, 0.15) is 0 Å². The lowest BCUT2D eigenvalue weighted by Crippen LogP contribution is -2.45. The SMILES string of the molecule is CC(C)NC(=O)N(Cc1cccc(C(F)(F)F)c1)C[C@@H]1CC(c2ccc(Cl)c(Cl)c2)=NO1. The Balaban J connectivity index is 1.73. The fourth-order valence-electron chi connectivity index (χ4n) is 3.24. The minimum Gasteiger partial charge on any atom is -0.390 e. The van der Waals surface area contributed by atoms with E-state index in [-0.39, 0.29) is 19.1 Å². The van der Waals surface area contributed by atoms with Crippen LogP contribution in [-0.4, -0.2) is 35.3 Å². The highest BCUT2D eigenvalue weighted by atomic mass is 35.5. The van der Waals surface area contributed by atoms with E-state index in [0.717, 1.165) is 17.7 Å². The highest BCUT2D eigenvalue weighted by molar-refractivity contribution is 6.42. The standard InChI is InChI=1S/C22H22Cl2F3N3O2/c1-13(2)28-21(31)30(11-14-4-3-5-16(8-14)22(25,26)27)12-17-10-20(29-32-17)15-6-7-18(23)19(24)9-15/h3-9,13,17H,10-12H2,1-2H3,(H,28,31)/t17-/m0/s1. The highest BCUT2D eigenvalue weighted by Crippen LogP contribution is 2.30. The third-order valence-corrected chi connectivity index (χ3v) is 5.48. The van der Waals surface area contributed by atoms with Gasteiger partial charge < -0.3 is 15.1 Å². The summed E-state index contributed by atoms with van der Waals surface area (Å²) in [6.45, 7) is 3.74. The Hall–Kier alpha value is -2.45. The van der Waals surface area contributed by atoms with E-state index >= 15 is 0 Å². The minimum atomic E-state index is -4.46. The maximum Gasteiger partial charge on any atom is 0.416 e. The Bertz CT molecular complexity index is 1010. The molecule has 0 unspecified atom stereocenters. The van der Waals surface area contributed by atoms with Crippen molar-refractivity contribution in [3.8, 4) is 0 Å². The fourth-order valence-corrected chi connectivity index (χ4v) is 3.54. The van der Waals surface area contributed by atoms with Crippen LogP contribution in [0, 0.1) is 0 Å². The smallest absolute Gasteiger partial charge is 0.390 e. The van der Waals surface area contributed by atoms with Gasteiger partial charge >= 0.3 is 12.2 Å². The van der Waals surface area contributed by atoms with E-state index in [1.54, 1.807) is 38.1 Å². The van der Waals surface area contributed by atoms with Gasteiger partial charge in [0.25, 0.3) is 0 Å². The van der Waals surface area contributed by atoms with Crippen molar-refractivity contribution < 1.29 is 22.8 Å². The third-order valence-electron chi connectivity index (χ3n) is 4.74. The number of nitrogens with one attached hydrogen (secondary N) is 1. The summed E-state index contributed by atoms with van der Waals surface area (Å²) in [6.07, 6.45) is -4.51. The molecule has 3 rings (SSSR count). The monoisotopic (exact) mass is 487 g/mol. The number of alkyl halides is 3. The van der Waals surface area contributed by atoms with Crippen LogP contribution in [0.3, 0.4) is 0 Å². The van der Waals surface area contributed by atoms with Crippen LogP contribution < -0.4 is 5.32 Å². The molecule has 172 valence electrons. The van der Waals surface area contributed by atoms with Crippen LogP contribution in [0.2, 0.25) is 10.0 Å². The maximum absolute atomic E-state index is 13.1. The first-order valence-corrected chi connectivity index (χ1v) is 10.7. The number of rotatable bonds is 6. The van der Waals surface area contributed by atoms with Crippen LogP contribution in [0.5, 0.6) is 0 Å². The van der Waals surface area contributed by atoms with Gasteiger partial charge in [-0.15, -0.1) is 0 Å². The van der Waals surface area contributed by atoms with Crippen molar-refractivity contribution in [1.29, 1.82) is 0 Å². The quantitative estimate of drug-likeness (QED) is 0.532. The maximum atomic E-state index is 13.1. The molecule has 0 aromatic heterocycles. The molecule has 0 aliphatic carbocycles. The van der Waals surface area contributed by atoms with E-state index in [1.807, 2.05) is 0 Å². The molecule has 2 aromatic carbocycles. The molecule has 5 nitrogen and oxygen atoms in total. The first-order valence-electron chi connectivity index (χ1n) is 9.92. The van der Waals surface area contributed by atoms with E-state index in [4.69, 9.17) is 28.0 Å². The number of nitrogens with zero attached hydrogens (tertiary/aromatic N) is 2. The second kappa shape index (κ2) is 10.0. The van der Waals surface area contributed by atoms with Crippen LogP contribution in [0.25, 0.3) is 0 Å². The molecule has 2 amide bonds. The molecule has 0 saturated heterocycles. The summed E-state index contributed by atoms with van der Waals surface area (Å²) in [7, 11) is 0. The molecule has 1 atom stereocenters. The summed E-state index contributed by atoms with van der Waals surface area (Å²) in [4.78, 5) is 19.7. The first kappa shape index (κ1) is 24.2. The normalized spacial score (nSPS) is 16.0. The van der Waals surface area contributed by atoms with Crippen molar-refractivity contribution >= 4 is 34.9 Å². The van der Waals surface area contributed by atoms with Gasteiger partial charge in [0, 0.05) is 24.6 Å². The summed E-state index contributed by atoms with van der Waals surface area (Å²) in [5.41, 5.74) is 0.999. The van der Waals surface area contributed by atoms with Crippen LogP contribution in [0.1, 0.15) is 37.0 Å². The number of hydrogen-bond donors (Lipinski definition) is 1. The van der Waals surface area contributed by atoms with Crippen molar-refractivity contribution in [1.82, 2.24) is 10.2 Å². The molecule has 0 spiro atoms. The summed E-state index contributed by atoms with van der Waals surface area (Å²) in [6, 6.07) is 9.49.